The molecule has 1 aromatic heterocycles. The van der Waals surface area contributed by atoms with E-state index in [0.29, 0.717) is 11.4 Å². The van der Waals surface area contributed by atoms with Gasteiger partial charge in [-0.2, -0.15) is 0 Å². The number of benzene rings is 2. The van der Waals surface area contributed by atoms with Crippen LogP contribution in [-0.2, 0) is 14.4 Å². The summed E-state index contributed by atoms with van der Waals surface area (Å²) in [5, 5.41) is 1.65. The van der Waals surface area contributed by atoms with E-state index >= 15 is 0 Å². The number of pyridine rings is 1. The van der Waals surface area contributed by atoms with Gasteiger partial charge in [-0.3, -0.25) is 19.4 Å². The maximum absolute atomic E-state index is 13.5. The Morgan fingerprint density at radius 1 is 0.968 bits per heavy atom. The van der Waals surface area contributed by atoms with Crippen LogP contribution in [0.4, 0.5) is 11.4 Å². The van der Waals surface area contributed by atoms with Gasteiger partial charge in [-0.05, 0) is 60.2 Å². The van der Waals surface area contributed by atoms with Crippen LogP contribution in [-0.4, -0.2) is 30.0 Å². The molecule has 3 aromatic rings. The molecular formula is C23H18BrN3O4. The second-order valence-electron chi connectivity index (χ2n) is 7.30. The topological polar surface area (TPSA) is 72.0 Å². The minimum Gasteiger partial charge on any atom is -0.497 e. The zero-order valence-electron chi connectivity index (χ0n) is 16.5. The zero-order chi connectivity index (χ0) is 21.5. The van der Waals surface area contributed by atoms with E-state index in [9.17, 15) is 9.59 Å². The monoisotopic (exact) mass is 479 g/mol. The summed E-state index contributed by atoms with van der Waals surface area (Å²) in [6.45, 7) is 0. The van der Waals surface area contributed by atoms with E-state index in [4.69, 9.17) is 9.57 Å². The zero-order valence-corrected chi connectivity index (χ0v) is 18.1. The fourth-order valence-corrected chi connectivity index (χ4v) is 4.37. The molecule has 0 N–H and O–H groups in total. The van der Waals surface area contributed by atoms with Crippen LogP contribution >= 0.6 is 15.9 Å². The molecule has 0 spiro atoms. The van der Waals surface area contributed by atoms with Gasteiger partial charge >= 0.3 is 0 Å². The number of aromatic nitrogens is 1. The number of nitrogens with zero attached hydrogens (tertiary/aromatic N) is 3. The van der Waals surface area contributed by atoms with Crippen molar-refractivity contribution in [2.75, 3.05) is 17.1 Å². The Morgan fingerprint density at radius 3 is 2.32 bits per heavy atom. The number of methoxy groups -OCH3 is 1. The Labute approximate surface area is 187 Å². The van der Waals surface area contributed by atoms with Crippen molar-refractivity contribution >= 4 is 39.1 Å². The largest absolute Gasteiger partial charge is 0.497 e. The van der Waals surface area contributed by atoms with Crippen molar-refractivity contribution in [3.8, 4) is 5.75 Å². The molecule has 0 aliphatic carbocycles. The Bertz CT molecular complexity index is 1120. The number of anilines is 2. The molecule has 0 bridgehead atoms. The van der Waals surface area contributed by atoms with E-state index < -0.39 is 18.1 Å². The molecule has 3 heterocycles. The minimum atomic E-state index is -0.913. The van der Waals surface area contributed by atoms with Gasteiger partial charge in [0.25, 0.3) is 5.91 Å². The highest BCUT2D eigenvalue weighted by Gasteiger charge is 2.60. The molecule has 156 valence electrons. The lowest BCUT2D eigenvalue weighted by Gasteiger charge is -2.28. The number of amides is 2. The summed E-state index contributed by atoms with van der Waals surface area (Å²) in [5.74, 6) is -0.723. The molecule has 2 aliphatic heterocycles. The Balaban J connectivity index is 1.55. The first-order chi connectivity index (χ1) is 15.1. The quantitative estimate of drug-likeness (QED) is 0.528. The van der Waals surface area contributed by atoms with Crippen molar-refractivity contribution < 1.29 is 19.2 Å². The molecule has 0 unspecified atom stereocenters. The molecule has 2 aromatic carbocycles. The Hall–Kier alpha value is -3.23. The average molecular weight is 480 g/mol. The molecule has 5 rings (SSSR count). The van der Waals surface area contributed by atoms with Gasteiger partial charge in [0.15, 0.2) is 6.10 Å². The van der Waals surface area contributed by atoms with Crippen LogP contribution in [0.15, 0.2) is 77.5 Å². The normalized spacial score (nSPS) is 22.7. The van der Waals surface area contributed by atoms with Gasteiger partial charge in [-0.25, -0.2) is 9.96 Å². The highest BCUT2D eigenvalue weighted by atomic mass is 79.9. The third kappa shape index (κ3) is 3.28. The number of ether oxygens (including phenoxy) is 1. The number of carbonyl (C=O) groups is 2. The van der Waals surface area contributed by atoms with E-state index in [1.165, 1.54) is 4.90 Å². The first-order valence-electron chi connectivity index (χ1n) is 9.72. The fraction of sp³-hybridized carbons (Fsp3) is 0.174. The summed E-state index contributed by atoms with van der Waals surface area (Å²) < 4.78 is 6.10. The summed E-state index contributed by atoms with van der Waals surface area (Å²) in [5.41, 5.74) is 2.05. The molecule has 2 aliphatic rings. The van der Waals surface area contributed by atoms with Crippen LogP contribution < -0.4 is 14.7 Å². The van der Waals surface area contributed by atoms with Crippen LogP contribution in [0.3, 0.4) is 0 Å². The SMILES string of the molecule is COc1ccc(N2C(=O)[C@@H]3[C@H](ON(c4ccc(Br)cc4)[C@@H]3c3cccnc3)C2=O)cc1. The van der Waals surface area contributed by atoms with Crippen LogP contribution in [0.5, 0.6) is 5.75 Å². The molecule has 2 saturated heterocycles. The van der Waals surface area contributed by atoms with Gasteiger partial charge in [-0.15, -0.1) is 0 Å². The summed E-state index contributed by atoms with van der Waals surface area (Å²) in [7, 11) is 1.56. The first-order valence-corrected chi connectivity index (χ1v) is 10.5. The van der Waals surface area contributed by atoms with Crippen LogP contribution in [0.2, 0.25) is 0 Å². The summed E-state index contributed by atoms with van der Waals surface area (Å²) in [4.78, 5) is 38.3. The maximum atomic E-state index is 13.5. The van der Waals surface area contributed by atoms with Gasteiger partial charge < -0.3 is 4.74 Å². The van der Waals surface area contributed by atoms with Crippen LogP contribution in [0, 0.1) is 5.92 Å². The van der Waals surface area contributed by atoms with E-state index in [1.807, 2.05) is 36.4 Å². The number of hydrogen-bond donors (Lipinski definition) is 0. The van der Waals surface area contributed by atoms with Crippen LogP contribution in [0.25, 0.3) is 0 Å². The van der Waals surface area contributed by atoms with E-state index in [2.05, 4.69) is 20.9 Å². The number of imide groups is 1. The molecule has 2 amide bonds. The minimum absolute atomic E-state index is 0.298. The highest BCUT2D eigenvalue weighted by Crippen LogP contribution is 2.47. The molecule has 3 atom stereocenters. The number of halogens is 1. The van der Waals surface area contributed by atoms with Gasteiger partial charge in [0.05, 0.1) is 24.5 Å². The van der Waals surface area contributed by atoms with Crippen molar-refractivity contribution in [2.45, 2.75) is 12.1 Å². The maximum Gasteiger partial charge on any atom is 0.266 e. The number of carbonyl (C=O) groups excluding carboxylic acids is 2. The second-order valence-corrected chi connectivity index (χ2v) is 8.21. The van der Waals surface area contributed by atoms with Crippen LogP contribution in [0.1, 0.15) is 11.6 Å². The van der Waals surface area contributed by atoms with Crippen molar-refractivity contribution in [3.63, 3.8) is 0 Å². The van der Waals surface area contributed by atoms with Gasteiger partial charge in [0.1, 0.15) is 11.7 Å². The van der Waals surface area contributed by atoms with Crippen molar-refractivity contribution in [2.24, 2.45) is 5.92 Å². The third-order valence-corrected chi connectivity index (χ3v) is 6.08. The summed E-state index contributed by atoms with van der Waals surface area (Å²) in [6.07, 6.45) is 2.46. The number of rotatable bonds is 4. The van der Waals surface area contributed by atoms with Gasteiger partial charge in [0, 0.05) is 16.9 Å². The lowest BCUT2D eigenvalue weighted by Crippen LogP contribution is -2.37. The first kappa shape index (κ1) is 19.7. The highest BCUT2D eigenvalue weighted by molar-refractivity contribution is 9.10. The lowest BCUT2D eigenvalue weighted by atomic mass is 9.91. The number of fused-ring (bicyclic) bond motifs is 1. The summed E-state index contributed by atoms with van der Waals surface area (Å²) >= 11 is 3.43. The number of hydrogen-bond acceptors (Lipinski definition) is 6. The molecule has 31 heavy (non-hydrogen) atoms. The van der Waals surface area contributed by atoms with E-state index in [-0.39, 0.29) is 11.8 Å². The van der Waals surface area contributed by atoms with Crippen molar-refractivity contribution in [3.05, 3.63) is 83.1 Å². The fourth-order valence-electron chi connectivity index (χ4n) is 4.10. The molecule has 2 fully saturated rings. The van der Waals surface area contributed by atoms with Gasteiger partial charge in [0.2, 0.25) is 5.91 Å². The second kappa shape index (κ2) is 7.79. The van der Waals surface area contributed by atoms with E-state index in [1.54, 1.807) is 48.8 Å². The molecule has 0 radical (unpaired) electrons. The molecular weight excluding hydrogens is 462 g/mol. The number of hydroxylamine groups is 1. The summed E-state index contributed by atoms with van der Waals surface area (Å²) in [6, 6.07) is 17.6. The smallest absolute Gasteiger partial charge is 0.266 e. The third-order valence-electron chi connectivity index (χ3n) is 5.55. The lowest BCUT2D eigenvalue weighted by molar-refractivity contribution is -0.126. The molecule has 0 saturated carbocycles. The Morgan fingerprint density at radius 2 is 1.68 bits per heavy atom. The van der Waals surface area contributed by atoms with E-state index in [0.717, 1.165) is 15.7 Å². The molecule has 8 heteroatoms. The average Bonchev–Trinajstić information content (AvgIpc) is 3.31. The Kier molecular flexibility index (Phi) is 4.95. The predicted octanol–water partition coefficient (Wildman–Crippen LogP) is 3.90. The van der Waals surface area contributed by atoms with Crippen molar-refractivity contribution in [1.82, 2.24) is 4.98 Å². The van der Waals surface area contributed by atoms with Crippen molar-refractivity contribution in [1.29, 1.82) is 0 Å². The predicted molar refractivity (Wildman–Crippen MR) is 117 cm³/mol. The molecule has 7 nitrogen and oxygen atoms in total. The van der Waals surface area contributed by atoms with Gasteiger partial charge in [-0.1, -0.05) is 22.0 Å². The standard InChI is InChI=1S/C23H18BrN3O4/c1-30-18-10-8-16(9-11-18)26-22(28)19-20(14-3-2-12-25-13-14)27(31-21(19)23(26)29)17-6-4-15(24)5-7-17/h2-13,19-21H,1H3/t19-,20+,21-/m0/s1.